The number of Topliss-reactive ketones (excluding diaryl/α,β-unsaturated/α-hetero) is 1. The number of aromatic nitrogens is 3. The van der Waals surface area contributed by atoms with Crippen molar-refractivity contribution in [2.45, 2.75) is 32.1 Å². The van der Waals surface area contributed by atoms with Gasteiger partial charge in [-0.2, -0.15) is 15.0 Å². The molecule has 4 aromatic rings. The highest BCUT2D eigenvalue weighted by molar-refractivity contribution is 14.1. The fourth-order valence-electron chi connectivity index (χ4n) is 5.09. The van der Waals surface area contributed by atoms with E-state index in [1.54, 1.807) is 12.1 Å². The average molecular weight is 854 g/mol. The first kappa shape index (κ1) is 42.5. The fraction of sp³-hybridized carbons (Fsp3) is 0.425. The Balaban J connectivity index is 1.19. The highest BCUT2D eigenvalue weighted by Gasteiger charge is 2.10. The Hall–Kier alpha value is -4.22. The predicted molar refractivity (Wildman–Crippen MR) is 220 cm³/mol. The molecule has 1 amide bonds. The van der Waals surface area contributed by atoms with E-state index < -0.39 is 0 Å². The molecule has 4 N–H and O–H groups in total. The standard InChI is InChI=1S/C40H52IN7O6/c41-20-25-52-29-28-51-24-8-7-15-36(49)33-16-18-35(19-17-33)45-40-47-38(43-21-9-12-32-10-3-1-4-11-32)46-39(48-40)44-23-27-54-31-30-53-26-22-42-37(50)34-13-5-2-6-14-34/h1-6,10-11,13-14,16-19H,7-9,12,15,20-31H2,(H,42,50)(H3,43,44,45,46,47,48). The molecule has 0 aliphatic carbocycles. The second kappa shape index (κ2) is 26.5. The zero-order valence-corrected chi connectivity index (χ0v) is 32.9. The summed E-state index contributed by atoms with van der Waals surface area (Å²) in [6.07, 6.45) is 3.91. The lowest BCUT2D eigenvalue weighted by Crippen LogP contribution is -2.27. The largest absolute Gasteiger partial charge is 0.379 e. The van der Waals surface area contributed by atoms with Gasteiger partial charge in [-0.1, -0.05) is 71.1 Å². The van der Waals surface area contributed by atoms with Crippen LogP contribution >= 0.6 is 22.6 Å². The minimum absolute atomic E-state index is 0.0988. The van der Waals surface area contributed by atoms with E-state index in [9.17, 15) is 9.59 Å². The lowest BCUT2D eigenvalue weighted by Gasteiger charge is -2.12. The van der Waals surface area contributed by atoms with Crippen molar-refractivity contribution in [2.75, 3.05) is 92.9 Å². The first-order valence-electron chi connectivity index (χ1n) is 18.5. The van der Waals surface area contributed by atoms with Crippen LogP contribution in [0, 0.1) is 0 Å². The number of rotatable bonds is 29. The molecule has 0 fully saturated rings. The predicted octanol–water partition coefficient (Wildman–Crippen LogP) is 6.36. The Labute approximate surface area is 331 Å². The first-order valence-corrected chi connectivity index (χ1v) is 20.0. The van der Waals surface area contributed by atoms with Crippen LogP contribution in [0.1, 0.15) is 52.0 Å². The molecule has 0 radical (unpaired) electrons. The molecule has 0 atom stereocenters. The number of benzene rings is 3. The topological polar surface area (TPSA) is 158 Å². The minimum atomic E-state index is -0.124. The summed E-state index contributed by atoms with van der Waals surface area (Å²) in [6.45, 7) is 5.75. The molecule has 13 nitrogen and oxygen atoms in total. The number of alkyl halides is 1. The Kier molecular flexibility index (Phi) is 20.9. The number of aryl methyl sites for hydroxylation is 1. The highest BCUT2D eigenvalue weighted by atomic mass is 127. The summed E-state index contributed by atoms with van der Waals surface area (Å²) in [5.74, 6) is 1.19. The number of carbonyl (C=O) groups excluding carboxylic acids is 2. The summed E-state index contributed by atoms with van der Waals surface area (Å²) in [6, 6.07) is 26.8. The van der Waals surface area contributed by atoms with Gasteiger partial charge in [-0.15, -0.1) is 0 Å². The summed E-state index contributed by atoms with van der Waals surface area (Å²) in [5.41, 5.74) is 3.31. The van der Waals surface area contributed by atoms with Crippen LogP contribution in [0.2, 0.25) is 0 Å². The van der Waals surface area contributed by atoms with Crippen molar-refractivity contribution in [2.24, 2.45) is 0 Å². The number of nitrogens with one attached hydrogen (secondary N) is 4. The van der Waals surface area contributed by atoms with Gasteiger partial charge in [-0.25, -0.2) is 0 Å². The van der Waals surface area contributed by atoms with Crippen LogP contribution < -0.4 is 21.3 Å². The number of hydrogen-bond acceptors (Lipinski definition) is 12. The van der Waals surface area contributed by atoms with Crippen molar-refractivity contribution in [3.8, 4) is 0 Å². The second-order valence-electron chi connectivity index (χ2n) is 12.1. The number of amides is 1. The number of anilines is 4. The molecular weight excluding hydrogens is 801 g/mol. The van der Waals surface area contributed by atoms with E-state index in [-0.39, 0.29) is 11.7 Å². The van der Waals surface area contributed by atoms with Crippen molar-refractivity contribution in [1.82, 2.24) is 20.3 Å². The van der Waals surface area contributed by atoms with Crippen molar-refractivity contribution in [1.29, 1.82) is 0 Å². The van der Waals surface area contributed by atoms with Gasteiger partial charge in [0.25, 0.3) is 5.91 Å². The lowest BCUT2D eigenvalue weighted by atomic mass is 10.1. The van der Waals surface area contributed by atoms with Crippen molar-refractivity contribution < 1.29 is 28.5 Å². The third-order valence-electron chi connectivity index (χ3n) is 7.87. The van der Waals surface area contributed by atoms with Crippen LogP contribution in [0.15, 0.2) is 84.9 Å². The third kappa shape index (κ3) is 17.7. The van der Waals surface area contributed by atoms with Crippen LogP contribution in [0.4, 0.5) is 23.5 Å². The second-order valence-corrected chi connectivity index (χ2v) is 13.2. The Bertz CT molecular complexity index is 1620. The smallest absolute Gasteiger partial charge is 0.251 e. The SMILES string of the molecule is O=C(CCCCOCCOCCI)c1ccc(Nc2nc(NCCCc3ccccc3)nc(NCCOCCOCCNC(=O)c3ccccc3)n2)cc1. The molecule has 290 valence electrons. The first-order chi connectivity index (χ1) is 26.6. The third-order valence-corrected chi connectivity index (χ3v) is 8.31. The molecule has 0 aliphatic heterocycles. The molecule has 3 aromatic carbocycles. The fourth-order valence-corrected chi connectivity index (χ4v) is 5.40. The average Bonchev–Trinajstić information content (AvgIpc) is 3.20. The molecule has 4 rings (SSSR count). The van der Waals surface area contributed by atoms with Crippen molar-refractivity contribution in [3.63, 3.8) is 0 Å². The summed E-state index contributed by atoms with van der Waals surface area (Å²) >= 11 is 2.28. The molecule has 0 spiro atoms. The van der Waals surface area contributed by atoms with Gasteiger partial charge >= 0.3 is 0 Å². The quantitative estimate of drug-likeness (QED) is 0.0208. The van der Waals surface area contributed by atoms with Gasteiger partial charge in [0.2, 0.25) is 17.8 Å². The number of carbonyl (C=O) groups is 2. The molecule has 0 aliphatic rings. The number of unbranched alkanes of at least 4 members (excludes halogenated alkanes) is 1. The summed E-state index contributed by atoms with van der Waals surface area (Å²) < 4.78 is 23.2. The van der Waals surface area contributed by atoms with Gasteiger partial charge in [-0.3, -0.25) is 9.59 Å². The lowest BCUT2D eigenvalue weighted by molar-refractivity contribution is 0.0519. The Morgan fingerprint density at radius 3 is 1.83 bits per heavy atom. The molecule has 0 saturated heterocycles. The van der Waals surface area contributed by atoms with Gasteiger partial charge in [-0.05, 0) is 67.6 Å². The van der Waals surface area contributed by atoms with Crippen LogP contribution in [-0.2, 0) is 25.4 Å². The molecule has 54 heavy (non-hydrogen) atoms. The summed E-state index contributed by atoms with van der Waals surface area (Å²) in [5, 5.41) is 12.6. The van der Waals surface area contributed by atoms with Crippen molar-refractivity contribution >= 4 is 57.8 Å². The molecule has 14 heteroatoms. The molecular formula is C40H52IN7O6. The van der Waals surface area contributed by atoms with Gasteiger partial charge in [0.05, 0.1) is 46.2 Å². The zero-order chi connectivity index (χ0) is 37.9. The van der Waals surface area contributed by atoms with E-state index >= 15 is 0 Å². The normalized spacial score (nSPS) is 10.9. The Morgan fingerprint density at radius 2 is 1.15 bits per heavy atom. The van der Waals surface area contributed by atoms with Crippen LogP contribution in [0.3, 0.4) is 0 Å². The monoisotopic (exact) mass is 853 g/mol. The molecule has 0 unspecified atom stereocenters. The maximum atomic E-state index is 12.8. The molecule has 1 aromatic heterocycles. The molecule has 0 saturated carbocycles. The number of hydrogen-bond donors (Lipinski definition) is 4. The van der Waals surface area contributed by atoms with Crippen LogP contribution in [0.5, 0.6) is 0 Å². The van der Waals surface area contributed by atoms with E-state index in [0.29, 0.717) is 101 Å². The van der Waals surface area contributed by atoms with E-state index in [4.69, 9.17) is 18.9 Å². The maximum Gasteiger partial charge on any atom is 0.251 e. The number of nitrogens with zero attached hydrogens (tertiary/aromatic N) is 3. The summed E-state index contributed by atoms with van der Waals surface area (Å²) in [7, 11) is 0. The maximum absolute atomic E-state index is 12.8. The van der Waals surface area contributed by atoms with E-state index in [0.717, 1.165) is 42.4 Å². The number of halogens is 1. The Morgan fingerprint density at radius 1 is 0.556 bits per heavy atom. The molecule has 1 heterocycles. The van der Waals surface area contributed by atoms with Gasteiger partial charge in [0.1, 0.15) is 0 Å². The van der Waals surface area contributed by atoms with E-state index in [2.05, 4.69) is 70.9 Å². The minimum Gasteiger partial charge on any atom is -0.379 e. The van der Waals surface area contributed by atoms with E-state index in [1.165, 1.54) is 5.56 Å². The van der Waals surface area contributed by atoms with Gasteiger partial charge in [0.15, 0.2) is 5.78 Å². The van der Waals surface area contributed by atoms with Crippen LogP contribution in [0.25, 0.3) is 0 Å². The number of ether oxygens (including phenoxy) is 4. The summed E-state index contributed by atoms with van der Waals surface area (Å²) in [4.78, 5) is 38.6. The van der Waals surface area contributed by atoms with E-state index in [1.807, 2.05) is 60.7 Å². The van der Waals surface area contributed by atoms with Gasteiger partial charge in [0, 0.05) is 53.9 Å². The van der Waals surface area contributed by atoms with Crippen LogP contribution in [-0.4, -0.2) is 104 Å². The van der Waals surface area contributed by atoms with Crippen molar-refractivity contribution in [3.05, 3.63) is 102 Å². The number of ketones is 1. The zero-order valence-electron chi connectivity index (χ0n) is 30.8. The highest BCUT2D eigenvalue weighted by Crippen LogP contribution is 2.18. The van der Waals surface area contributed by atoms with Gasteiger partial charge < -0.3 is 40.2 Å². The molecule has 0 bridgehead atoms.